The Bertz CT molecular complexity index is 192. The van der Waals surface area contributed by atoms with Crippen LogP contribution in [0.25, 0.3) is 0 Å². The van der Waals surface area contributed by atoms with E-state index in [0.29, 0.717) is 0 Å². The van der Waals surface area contributed by atoms with Crippen molar-refractivity contribution in [3.8, 4) is 0 Å². The topological polar surface area (TPSA) is 0 Å². The third kappa shape index (κ3) is 4.84. The number of halogens is 2. The lowest BCUT2D eigenvalue weighted by atomic mass is 9.86. The van der Waals surface area contributed by atoms with E-state index in [1.807, 2.05) is 5.73 Å². The molecule has 0 aliphatic heterocycles. The second-order valence-corrected chi connectivity index (χ2v) is 3.69. The number of hydrogen-bond donors (Lipinski definition) is 0. The normalized spacial score (nSPS) is 18.0. The molecule has 1 saturated carbocycles. The minimum absolute atomic E-state index is 0.752. The molecule has 0 aromatic carbocycles. The maximum absolute atomic E-state index is 11.6. The third-order valence-corrected chi connectivity index (χ3v) is 2.66. The van der Waals surface area contributed by atoms with Crippen LogP contribution >= 0.6 is 0 Å². The molecule has 1 rings (SSSR count). The Morgan fingerprint density at radius 2 is 1.92 bits per heavy atom. The molecule has 0 aromatic rings. The van der Waals surface area contributed by atoms with Crippen molar-refractivity contribution in [1.29, 1.82) is 0 Å². The van der Waals surface area contributed by atoms with E-state index >= 15 is 0 Å². The largest absolute Gasteiger partial charge is 0.312 e. The van der Waals surface area contributed by atoms with Crippen molar-refractivity contribution in [2.45, 2.75) is 44.9 Å². The van der Waals surface area contributed by atoms with Crippen LogP contribution in [0.15, 0.2) is 17.9 Å². The van der Waals surface area contributed by atoms with Crippen LogP contribution in [-0.2, 0) is 0 Å². The van der Waals surface area contributed by atoms with Crippen LogP contribution in [0.2, 0.25) is 0 Å². The second-order valence-electron chi connectivity index (χ2n) is 3.69. The molecule has 0 N–H and O–H groups in total. The molecular formula is C11H16F2. The first-order valence-electron chi connectivity index (χ1n) is 5.05. The number of hydrogen-bond acceptors (Lipinski definition) is 0. The lowest BCUT2D eigenvalue weighted by Crippen LogP contribution is -2.05. The molecular weight excluding hydrogens is 170 g/mol. The highest BCUT2D eigenvalue weighted by Crippen LogP contribution is 2.27. The van der Waals surface area contributed by atoms with E-state index in [-0.39, 0.29) is 0 Å². The lowest BCUT2D eigenvalue weighted by Gasteiger charge is -2.20. The first-order chi connectivity index (χ1) is 6.29. The van der Waals surface area contributed by atoms with Gasteiger partial charge in [0.05, 0.1) is 0 Å². The second kappa shape index (κ2) is 5.93. The first-order valence-corrected chi connectivity index (χ1v) is 5.05. The summed E-state index contributed by atoms with van der Waals surface area (Å²) in [6.45, 7) is 0. The molecule has 0 unspecified atom stereocenters. The molecule has 0 nitrogen and oxygen atoms in total. The summed E-state index contributed by atoms with van der Waals surface area (Å²) in [6, 6.07) is 0. The monoisotopic (exact) mass is 186 g/mol. The highest BCUT2D eigenvalue weighted by atomic mass is 19.3. The van der Waals surface area contributed by atoms with Gasteiger partial charge in [-0.2, -0.15) is 8.78 Å². The predicted molar refractivity (Wildman–Crippen MR) is 49.6 cm³/mol. The zero-order chi connectivity index (χ0) is 9.52. The molecule has 1 aliphatic rings. The van der Waals surface area contributed by atoms with E-state index in [1.54, 1.807) is 0 Å². The van der Waals surface area contributed by atoms with E-state index in [9.17, 15) is 8.78 Å². The lowest BCUT2D eigenvalue weighted by molar-refractivity contribution is 0.341. The molecule has 0 bridgehead atoms. The smallest absolute Gasteiger partial charge is 0.164 e. The molecule has 0 spiro atoms. The van der Waals surface area contributed by atoms with Gasteiger partial charge in [-0.15, -0.1) is 0 Å². The zero-order valence-electron chi connectivity index (χ0n) is 7.86. The highest BCUT2D eigenvalue weighted by Gasteiger charge is 2.11. The Kier molecular flexibility index (Phi) is 4.77. The van der Waals surface area contributed by atoms with Gasteiger partial charge in [0.15, 0.2) is 0 Å². The van der Waals surface area contributed by atoms with Gasteiger partial charge in [0, 0.05) is 0 Å². The third-order valence-electron chi connectivity index (χ3n) is 2.66. The van der Waals surface area contributed by atoms with Crippen LogP contribution < -0.4 is 0 Å². The Morgan fingerprint density at radius 1 is 1.23 bits per heavy atom. The summed E-state index contributed by atoms with van der Waals surface area (Å²) >= 11 is 0. The standard InChI is InChI=1S/C11H16F2/c12-11(13)9-5-4-8-10-6-2-1-3-7-10/h5,10H,1-4,6-8H2. The fourth-order valence-corrected chi connectivity index (χ4v) is 1.94. The van der Waals surface area contributed by atoms with Crippen molar-refractivity contribution in [2.75, 3.05) is 0 Å². The van der Waals surface area contributed by atoms with Crippen LogP contribution in [0, 0.1) is 5.92 Å². The predicted octanol–water partition coefficient (Wildman–Crippen LogP) is 4.28. The Labute approximate surface area is 78.3 Å². The van der Waals surface area contributed by atoms with E-state index in [0.717, 1.165) is 18.8 Å². The number of allylic oxidation sites excluding steroid dienone is 1. The van der Waals surface area contributed by atoms with Crippen LogP contribution in [0.3, 0.4) is 0 Å². The quantitative estimate of drug-likeness (QED) is 0.577. The first kappa shape index (κ1) is 10.5. The van der Waals surface area contributed by atoms with Gasteiger partial charge < -0.3 is 0 Å². The van der Waals surface area contributed by atoms with Crippen LogP contribution in [0.5, 0.6) is 0 Å². The van der Waals surface area contributed by atoms with Crippen LogP contribution in [-0.4, -0.2) is 0 Å². The maximum atomic E-state index is 11.6. The van der Waals surface area contributed by atoms with Gasteiger partial charge >= 0.3 is 6.08 Å². The molecule has 0 amide bonds. The SMILES string of the molecule is FC(F)=C=CCCC1CCCCC1. The van der Waals surface area contributed by atoms with Crippen molar-refractivity contribution >= 4 is 0 Å². The Hall–Kier alpha value is -0.620. The molecule has 74 valence electrons. The minimum atomic E-state index is -1.70. The van der Waals surface area contributed by atoms with E-state index in [4.69, 9.17) is 0 Å². The molecule has 0 saturated heterocycles. The Balaban J connectivity index is 2.14. The summed E-state index contributed by atoms with van der Waals surface area (Å²) in [5, 5.41) is 0. The molecule has 2 heteroatoms. The molecule has 0 aromatic heterocycles. The van der Waals surface area contributed by atoms with Crippen molar-refractivity contribution < 1.29 is 8.78 Å². The number of rotatable bonds is 3. The molecule has 0 heterocycles. The molecule has 1 fully saturated rings. The van der Waals surface area contributed by atoms with Crippen molar-refractivity contribution in [1.82, 2.24) is 0 Å². The van der Waals surface area contributed by atoms with E-state index < -0.39 is 6.08 Å². The molecule has 0 radical (unpaired) electrons. The summed E-state index contributed by atoms with van der Waals surface area (Å²) in [5.41, 5.74) is 1.94. The highest BCUT2D eigenvalue weighted by molar-refractivity contribution is 4.84. The van der Waals surface area contributed by atoms with E-state index in [2.05, 4.69) is 0 Å². The van der Waals surface area contributed by atoms with Crippen molar-refractivity contribution in [2.24, 2.45) is 5.92 Å². The fraction of sp³-hybridized carbons (Fsp3) is 0.727. The fourth-order valence-electron chi connectivity index (χ4n) is 1.94. The average molecular weight is 186 g/mol. The van der Waals surface area contributed by atoms with Crippen molar-refractivity contribution in [3.63, 3.8) is 0 Å². The summed E-state index contributed by atoms with van der Waals surface area (Å²) in [6.07, 6.45) is 8.13. The van der Waals surface area contributed by atoms with E-state index in [1.165, 1.54) is 38.2 Å². The maximum Gasteiger partial charge on any atom is 0.312 e. The van der Waals surface area contributed by atoms with Gasteiger partial charge in [0.25, 0.3) is 0 Å². The van der Waals surface area contributed by atoms with Gasteiger partial charge in [-0.3, -0.25) is 0 Å². The molecule has 0 atom stereocenters. The van der Waals surface area contributed by atoms with Gasteiger partial charge in [-0.05, 0) is 24.8 Å². The van der Waals surface area contributed by atoms with Crippen LogP contribution in [0.4, 0.5) is 8.78 Å². The molecule has 13 heavy (non-hydrogen) atoms. The summed E-state index contributed by atoms with van der Waals surface area (Å²) in [5.74, 6) is 0.773. The van der Waals surface area contributed by atoms with Crippen LogP contribution in [0.1, 0.15) is 44.9 Å². The summed E-state index contributed by atoms with van der Waals surface area (Å²) < 4.78 is 23.1. The Morgan fingerprint density at radius 3 is 2.54 bits per heavy atom. The van der Waals surface area contributed by atoms with Gasteiger partial charge in [0.2, 0.25) is 0 Å². The molecule has 1 aliphatic carbocycles. The summed E-state index contributed by atoms with van der Waals surface area (Å²) in [7, 11) is 0. The minimum Gasteiger partial charge on any atom is -0.164 e. The zero-order valence-corrected chi connectivity index (χ0v) is 7.86. The van der Waals surface area contributed by atoms with Gasteiger partial charge in [-0.25, -0.2) is 0 Å². The van der Waals surface area contributed by atoms with Gasteiger partial charge in [0.1, 0.15) is 0 Å². The average Bonchev–Trinajstić information content (AvgIpc) is 2.14. The van der Waals surface area contributed by atoms with Gasteiger partial charge in [-0.1, -0.05) is 37.8 Å². The van der Waals surface area contributed by atoms with Crippen molar-refractivity contribution in [3.05, 3.63) is 17.9 Å². The summed E-state index contributed by atoms with van der Waals surface area (Å²) in [4.78, 5) is 0.